The number of aromatic nitrogens is 2. The Kier molecular flexibility index (Phi) is 1.75. The van der Waals surface area contributed by atoms with Crippen molar-refractivity contribution in [2.24, 2.45) is 0 Å². The molecule has 0 aliphatic carbocycles. The third-order valence-corrected chi connectivity index (χ3v) is 2.35. The Morgan fingerprint density at radius 1 is 1.58 bits per heavy atom. The van der Waals surface area contributed by atoms with Crippen LogP contribution in [0.3, 0.4) is 0 Å². The predicted octanol–water partition coefficient (Wildman–Crippen LogP) is 2.16. The van der Waals surface area contributed by atoms with E-state index in [0.29, 0.717) is 5.56 Å². The lowest BCUT2D eigenvalue weighted by atomic mass is 10.2. The van der Waals surface area contributed by atoms with Gasteiger partial charge in [-0.1, -0.05) is 23.2 Å². The molecule has 0 aromatic carbocycles. The first-order valence-electron chi connectivity index (χ1n) is 3.47. The molecule has 0 spiro atoms. The van der Waals surface area contributed by atoms with Gasteiger partial charge in [-0.15, -0.1) is 0 Å². The number of hydrogen-bond acceptors (Lipinski definition) is 3. The fourth-order valence-corrected chi connectivity index (χ4v) is 1.79. The summed E-state index contributed by atoms with van der Waals surface area (Å²) in [6, 6.07) is 0. The van der Waals surface area contributed by atoms with Crippen molar-refractivity contribution < 1.29 is 4.74 Å². The molecule has 12 heavy (non-hydrogen) atoms. The number of nitrogens with zero attached hydrogens (tertiary/aromatic N) is 2. The third kappa shape index (κ3) is 1.09. The van der Waals surface area contributed by atoms with Crippen molar-refractivity contribution >= 4 is 23.2 Å². The molecule has 0 radical (unpaired) electrons. The molecule has 2 rings (SSSR count). The summed E-state index contributed by atoms with van der Waals surface area (Å²) in [4.78, 5) is 7.86. The highest BCUT2D eigenvalue weighted by molar-refractivity contribution is 6.47. The van der Waals surface area contributed by atoms with Crippen LogP contribution in [0.2, 0.25) is 0 Å². The average Bonchev–Trinajstić information content (AvgIpc) is 2.25. The second-order valence-corrected chi connectivity index (χ2v) is 3.86. The Morgan fingerprint density at radius 2 is 2.33 bits per heavy atom. The second-order valence-electron chi connectivity index (χ2n) is 2.60. The van der Waals surface area contributed by atoms with Gasteiger partial charge in [0, 0.05) is 6.20 Å². The lowest BCUT2D eigenvalue weighted by Gasteiger charge is -2.11. The summed E-state index contributed by atoms with van der Waals surface area (Å²) in [5, 5.41) is 0. The Morgan fingerprint density at radius 3 is 3.00 bits per heavy atom. The second kappa shape index (κ2) is 2.55. The zero-order valence-corrected chi connectivity index (χ0v) is 7.80. The summed E-state index contributed by atoms with van der Waals surface area (Å²) in [7, 11) is 0. The van der Waals surface area contributed by atoms with E-state index >= 15 is 0 Å². The Labute approximate surface area is 79.7 Å². The van der Waals surface area contributed by atoms with Gasteiger partial charge in [0.1, 0.15) is 12.4 Å². The molecule has 0 fully saturated rings. The maximum absolute atomic E-state index is 5.86. The van der Waals surface area contributed by atoms with E-state index in [1.165, 1.54) is 6.33 Å². The minimum atomic E-state index is -1.28. The van der Waals surface area contributed by atoms with Gasteiger partial charge in [-0.3, -0.25) is 0 Å². The van der Waals surface area contributed by atoms with Gasteiger partial charge in [-0.25, -0.2) is 9.97 Å². The number of ether oxygens (including phenoxy) is 1. The average molecular weight is 205 g/mol. The molecule has 1 unspecified atom stereocenters. The van der Waals surface area contributed by atoms with E-state index in [9.17, 15) is 0 Å². The maximum Gasteiger partial charge on any atom is 0.248 e. The first-order valence-corrected chi connectivity index (χ1v) is 4.23. The highest BCUT2D eigenvalue weighted by Crippen LogP contribution is 2.47. The smallest absolute Gasteiger partial charge is 0.248 e. The molecule has 2 heterocycles. The monoisotopic (exact) mass is 204 g/mol. The first kappa shape index (κ1) is 8.23. The Hall–Kier alpha value is -0.380. The minimum absolute atomic E-state index is 0.169. The topological polar surface area (TPSA) is 35.0 Å². The van der Waals surface area contributed by atoms with Crippen LogP contribution in [0, 0.1) is 0 Å². The third-order valence-electron chi connectivity index (χ3n) is 1.77. The molecular weight excluding hydrogens is 199 g/mol. The maximum atomic E-state index is 5.86. The van der Waals surface area contributed by atoms with Crippen LogP contribution in [-0.2, 0) is 9.26 Å². The van der Waals surface area contributed by atoms with Crippen molar-refractivity contribution in [3.05, 3.63) is 23.8 Å². The zero-order valence-electron chi connectivity index (χ0n) is 6.29. The molecule has 1 aromatic rings. The molecule has 1 aliphatic heterocycles. The molecule has 0 saturated carbocycles. The number of fused-ring (bicyclic) bond motifs is 1. The van der Waals surface area contributed by atoms with Crippen LogP contribution in [0.5, 0.6) is 0 Å². The molecule has 1 aliphatic rings. The molecule has 3 nitrogen and oxygen atoms in total. The number of rotatable bonds is 0. The van der Waals surface area contributed by atoms with Crippen LogP contribution in [0.15, 0.2) is 12.5 Å². The molecule has 0 bridgehead atoms. The summed E-state index contributed by atoms with van der Waals surface area (Å²) in [6.07, 6.45) is 2.86. The lowest BCUT2D eigenvalue weighted by Crippen LogP contribution is -2.07. The van der Waals surface area contributed by atoms with Crippen molar-refractivity contribution in [2.75, 3.05) is 0 Å². The fraction of sp³-hybridized carbons (Fsp3) is 0.429. The quantitative estimate of drug-likeness (QED) is 0.608. The zero-order chi connectivity index (χ0) is 8.77. The van der Waals surface area contributed by atoms with Gasteiger partial charge in [0.05, 0.1) is 11.3 Å². The van der Waals surface area contributed by atoms with E-state index < -0.39 is 4.52 Å². The molecular formula is C7H6Cl2N2O. The Balaban J connectivity index is 2.58. The summed E-state index contributed by atoms with van der Waals surface area (Å²) < 4.78 is 3.97. The van der Waals surface area contributed by atoms with Crippen molar-refractivity contribution in [1.29, 1.82) is 0 Å². The number of hydrogen-bond donors (Lipinski definition) is 0. The number of halogens is 2. The molecule has 0 N–H and O–H groups in total. The van der Waals surface area contributed by atoms with Gasteiger partial charge >= 0.3 is 0 Å². The summed E-state index contributed by atoms with van der Waals surface area (Å²) in [6.45, 7) is 1.85. The summed E-state index contributed by atoms with van der Waals surface area (Å²) in [5.74, 6) is 0. The van der Waals surface area contributed by atoms with Gasteiger partial charge in [-0.2, -0.15) is 0 Å². The number of alkyl halides is 2. The highest BCUT2D eigenvalue weighted by atomic mass is 35.5. The standard InChI is InChI=1S/C7H6Cl2N2O/c1-4-6-5(2-10-3-11-6)7(8,9)12-4/h2-4H,1H3. The van der Waals surface area contributed by atoms with Gasteiger partial charge in [-0.05, 0) is 6.92 Å². The van der Waals surface area contributed by atoms with E-state index in [1.807, 2.05) is 6.92 Å². The van der Waals surface area contributed by atoms with Crippen LogP contribution < -0.4 is 0 Å². The van der Waals surface area contributed by atoms with Crippen molar-refractivity contribution in [2.45, 2.75) is 17.5 Å². The summed E-state index contributed by atoms with van der Waals surface area (Å²) in [5.41, 5.74) is 1.40. The van der Waals surface area contributed by atoms with Crippen molar-refractivity contribution in [3.8, 4) is 0 Å². The molecule has 64 valence electrons. The van der Waals surface area contributed by atoms with E-state index in [2.05, 4.69) is 9.97 Å². The van der Waals surface area contributed by atoms with Gasteiger partial charge in [0.15, 0.2) is 0 Å². The Bertz CT molecular complexity index is 316. The van der Waals surface area contributed by atoms with Gasteiger partial charge in [0.2, 0.25) is 4.52 Å². The molecule has 0 saturated heterocycles. The van der Waals surface area contributed by atoms with E-state index in [-0.39, 0.29) is 6.10 Å². The predicted molar refractivity (Wildman–Crippen MR) is 44.9 cm³/mol. The largest absolute Gasteiger partial charge is 0.333 e. The normalized spacial score (nSPS) is 25.4. The molecule has 0 amide bonds. The van der Waals surface area contributed by atoms with Crippen LogP contribution in [0.1, 0.15) is 24.3 Å². The molecule has 5 heteroatoms. The fourth-order valence-electron chi connectivity index (χ4n) is 1.23. The van der Waals surface area contributed by atoms with Crippen LogP contribution in [-0.4, -0.2) is 9.97 Å². The summed E-state index contributed by atoms with van der Waals surface area (Å²) >= 11 is 11.7. The van der Waals surface area contributed by atoms with Crippen LogP contribution in [0.25, 0.3) is 0 Å². The minimum Gasteiger partial charge on any atom is -0.333 e. The van der Waals surface area contributed by atoms with Crippen LogP contribution >= 0.6 is 23.2 Å². The van der Waals surface area contributed by atoms with Gasteiger partial charge < -0.3 is 4.74 Å². The molecule has 1 aromatic heterocycles. The highest BCUT2D eigenvalue weighted by Gasteiger charge is 2.41. The van der Waals surface area contributed by atoms with E-state index in [1.54, 1.807) is 6.20 Å². The van der Waals surface area contributed by atoms with E-state index in [0.717, 1.165) is 5.69 Å². The molecule has 1 atom stereocenters. The SMILES string of the molecule is CC1OC(Cl)(Cl)c2cncnc21. The lowest BCUT2D eigenvalue weighted by molar-refractivity contribution is 0.0409. The van der Waals surface area contributed by atoms with Gasteiger partial charge in [0.25, 0.3) is 0 Å². The van der Waals surface area contributed by atoms with Crippen molar-refractivity contribution in [3.63, 3.8) is 0 Å². The first-order chi connectivity index (χ1) is 5.61. The van der Waals surface area contributed by atoms with E-state index in [4.69, 9.17) is 27.9 Å². The van der Waals surface area contributed by atoms with Crippen molar-refractivity contribution in [1.82, 2.24) is 9.97 Å². The van der Waals surface area contributed by atoms with Crippen LogP contribution in [0.4, 0.5) is 0 Å².